The van der Waals surface area contributed by atoms with Crippen molar-refractivity contribution in [3.8, 4) is 17.3 Å². The number of aromatic nitrogens is 4. The van der Waals surface area contributed by atoms with Crippen LogP contribution in [-0.4, -0.2) is 32.6 Å². The summed E-state index contributed by atoms with van der Waals surface area (Å²) in [6, 6.07) is 15.6. The Morgan fingerprint density at radius 2 is 2.03 bits per heavy atom. The molecule has 1 aliphatic heterocycles. The second kappa shape index (κ2) is 9.03. The molecule has 2 aromatic carbocycles. The van der Waals surface area contributed by atoms with Gasteiger partial charge >= 0.3 is 0 Å². The standard InChI is InChI=1S/C25H18FN7O/c26-21-4-2-1-3-16(21)13-23(34)33-10-7-17-11-18(12-19(14-27)24(17)33)22-6-8-28-25(32-22)31-20-5-9-29-30-15-20/h1-6,8-9,11-12,15H,7,10,13H2,(H,28,29,31,32). The summed E-state index contributed by atoms with van der Waals surface area (Å²) in [5, 5.41) is 20.5. The van der Waals surface area contributed by atoms with Crippen molar-refractivity contribution >= 4 is 23.2 Å². The van der Waals surface area contributed by atoms with Crippen molar-refractivity contribution in [3.63, 3.8) is 0 Å². The first-order valence-corrected chi connectivity index (χ1v) is 10.6. The summed E-state index contributed by atoms with van der Waals surface area (Å²) in [4.78, 5) is 23.4. The summed E-state index contributed by atoms with van der Waals surface area (Å²) in [7, 11) is 0. The third kappa shape index (κ3) is 4.17. The van der Waals surface area contributed by atoms with Gasteiger partial charge in [0.25, 0.3) is 0 Å². The molecule has 8 nitrogen and oxygen atoms in total. The van der Waals surface area contributed by atoms with Gasteiger partial charge in [-0.05, 0) is 47.9 Å². The Labute approximate surface area is 194 Å². The Hall–Kier alpha value is -4.71. The predicted molar refractivity (Wildman–Crippen MR) is 124 cm³/mol. The smallest absolute Gasteiger partial charge is 0.231 e. The number of anilines is 3. The van der Waals surface area contributed by atoms with Gasteiger partial charge in [0.05, 0.1) is 41.4 Å². The van der Waals surface area contributed by atoms with Crippen molar-refractivity contribution in [2.45, 2.75) is 12.8 Å². The minimum Gasteiger partial charge on any atom is -0.323 e. The van der Waals surface area contributed by atoms with E-state index in [0.29, 0.717) is 47.1 Å². The van der Waals surface area contributed by atoms with Crippen molar-refractivity contribution in [3.05, 3.63) is 89.6 Å². The van der Waals surface area contributed by atoms with E-state index in [4.69, 9.17) is 0 Å². The molecule has 1 amide bonds. The molecule has 0 bridgehead atoms. The zero-order valence-electron chi connectivity index (χ0n) is 17.9. The van der Waals surface area contributed by atoms with Crippen molar-refractivity contribution < 1.29 is 9.18 Å². The third-order valence-corrected chi connectivity index (χ3v) is 5.58. The van der Waals surface area contributed by atoms with Gasteiger partial charge in [-0.2, -0.15) is 15.5 Å². The molecule has 166 valence electrons. The number of carbonyl (C=O) groups excluding carboxylic acids is 1. The zero-order valence-corrected chi connectivity index (χ0v) is 17.9. The van der Waals surface area contributed by atoms with Gasteiger partial charge in [0.1, 0.15) is 11.9 Å². The molecule has 0 atom stereocenters. The van der Waals surface area contributed by atoms with Gasteiger partial charge in [-0.3, -0.25) is 4.79 Å². The Balaban J connectivity index is 1.44. The van der Waals surface area contributed by atoms with Crippen molar-refractivity contribution in [1.82, 2.24) is 20.2 Å². The zero-order chi connectivity index (χ0) is 23.5. The summed E-state index contributed by atoms with van der Waals surface area (Å²) in [5.74, 6) is -0.277. The molecule has 0 aliphatic carbocycles. The monoisotopic (exact) mass is 451 g/mol. The topological polar surface area (TPSA) is 108 Å². The maximum absolute atomic E-state index is 14.0. The first-order chi connectivity index (χ1) is 16.6. The van der Waals surface area contributed by atoms with Crippen molar-refractivity contribution in [1.29, 1.82) is 5.26 Å². The quantitative estimate of drug-likeness (QED) is 0.491. The van der Waals surface area contributed by atoms with E-state index in [1.807, 2.05) is 6.07 Å². The number of nitrogens with zero attached hydrogens (tertiary/aromatic N) is 6. The van der Waals surface area contributed by atoms with Crippen molar-refractivity contribution in [2.24, 2.45) is 0 Å². The Kier molecular flexibility index (Phi) is 5.62. The van der Waals surface area contributed by atoms with Crippen LogP contribution in [0.15, 0.2) is 67.1 Å². The van der Waals surface area contributed by atoms with E-state index in [-0.39, 0.29) is 12.3 Å². The highest BCUT2D eigenvalue weighted by molar-refractivity contribution is 5.98. The van der Waals surface area contributed by atoms with Crippen LogP contribution in [0, 0.1) is 17.1 Å². The number of fused-ring (bicyclic) bond motifs is 1. The van der Waals surface area contributed by atoms with E-state index in [2.05, 4.69) is 31.6 Å². The number of hydrogen-bond donors (Lipinski definition) is 1. The lowest BCUT2D eigenvalue weighted by Crippen LogP contribution is -2.31. The first-order valence-electron chi connectivity index (χ1n) is 10.6. The predicted octanol–water partition coefficient (Wildman–Crippen LogP) is 3.82. The van der Waals surface area contributed by atoms with E-state index in [0.717, 1.165) is 11.1 Å². The Morgan fingerprint density at radius 3 is 2.82 bits per heavy atom. The van der Waals surface area contributed by atoms with Crippen LogP contribution in [0.4, 0.5) is 21.7 Å². The lowest BCUT2D eigenvalue weighted by Gasteiger charge is -2.19. The van der Waals surface area contributed by atoms with Gasteiger partial charge in [-0.15, -0.1) is 0 Å². The average Bonchev–Trinajstić information content (AvgIpc) is 3.30. The molecule has 34 heavy (non-hydrogen) atoms. The van der Waals surface area contributed by atoms with Crippen LogP contribution in [-0.2, 0) is 17.6 Å². The van der Waals surface area contributed by atoms with Crippen LogP contribution in [0.25, 0.3) is 11.3 Å². The van der Waals surface area contributed by atoms with Crippen LogP contribution in [0.2, 0.25) is 0 Å². The number of nitrogens with one attached hydrogen (secondary N) is 1. The molecule has 3 heterocycles. The maximum atomic E-state index is 14.0. The fourth-order valence-electron chi connectivity index (χ4n) is 4.00. The SMILES string of the molecule is N#Cc1cc(-c2ccnc(Nc3ccnnc3)n2)cc2c1N(C(=O)Cc1ccccc1F)CC2. The molecule has 0 fully saturated rings. The number of rotatable bonds is 5. The fraction of sp³-hybridized carbons (Fsp3) is 0.120. The number of benzene rings is 2. The first kappa shape index (κ1) is 21.2. The van der Waals surface area contributed by atoms with E-state index >= 15 is 0 Å². The van der Waals surface area contributed by atoms with Gasteiger partial charge in [0.2, 0.25) is 11.9 Å². The molecule has 4 aromatic rings. The highest BCUT2D eigenvalue weighted by Gasteiger charge is 2.29. The van der Waals surface area contributed by atoms with E-state index in [1.165, 1.54) is 6.07 Å². The number of carbonyl (C=O) groups is 1. The van der Waals surface area contributed by atoms with Gasteiger partial charge in [-0.25, -0.2) is 14.4 Å². The number of amides is 1. The van der Waals surface area contributed by atoms with Crippen LogP contribution in [0.1, 0.15) is 16.7 Å². The summed E-state index contributed by atoms with van der Waals surface area (Å²) in [6.07, 6.45) is 5.28. The minimum absolute atomic E-state index is 0.0659. The Bertz CT molecular complexity index is 1420. The molecule has 0 unspecified atom stereocenters. The molecule has 0 saturated carbocycles. The summed E-state index contributed by atoms with van der Waals surface area (Å²) >= 11 is 0. The van der Waals surface area contributed by atoms with E-state index in [9.17, 15) is 14.4 Å². The molecule has 0 spiro atoms. The van der Waals surface area contributed by atoms with Crippen LogP contribution in [0.5, 0.6) is 0 Å². The lowest BCUT2D eigenvalue weighted by molar-refractivity contribution is -0.117. The number of hydrogen-bond acceptors (Lipinski definition) is 7. The molecule has 0 radical (unpaired) electrons. The molecular formula is C25H18FN7O. The second-order valence-corrected chi connectivity index (χ2v) is 7.73. The number of nitriles is 1. The lowest BCUT2D eigenvalue weighted by atomic mass is 10.0. The van der Waals surface area contributed by atoms with Gasteiger partial charge in [0, 0.05) is 18.3 Å². The minimum atomic E-state index is -0.415. The fourth-order valence-corrected chi connectivity index (χ4v) is 4.00. The molecule has 9 heteroatoms. The van der Waals surface area contributed by atoms with Gasteiger partial charge < -0.3 is 10.2 Å². The van der Waals surface area contributed by atoms with Crippen molar-refractivity contribution in [2.75, 3.05) is 16.8 Å². The van der Waals surface area contributed by atoms with E-state index in [1.54, 1.807) is 59.9 Å². The molecule has 1 N–H and O–H groups in total. The molecule has 1 aliphatic rings. The molecule has 5 rings (SSSR count). The highest BCUT2D eigenvalue weighted by atomic mass is 19.1. The molecule has 0 saturated heterocycles. The molecular weight excluding hydrogens is 433 g/mol. The largest absolute Gasteiger partial charge is 0.323 e. The summed E-state index contributed by atoms with van der Waals surface area (Å²) in [6.45, 7) is 0.437. The van der Waals surface area contributed by atoms with Gasteiger partial charge in [0.15, 0.2) is 0 Å². The summed E-state index contributed by atoms with van der Waals surface area (Å²) in [5.41, 5.74) is 4.25. The normalized spacial score (nSPS) is 12.2. The highest BCUT2D eigenvalue weighted by Crippen LogP contribution is 2.36. The third-order valence-electron chi connectivity index (χ3n) is 5.58. The second-order valence-electron chi connectivity index (χ2n) is 7.73. The van der Waals surface area contributed by atoms with Crippen LogP contribution >= 0.6 is 0 Å². The number of halogens is 1. The van der Waals surface area contributed by atoms with Crippen LogP contribution < -0.4 is 10.2 Å². The van der Waals surface area contributed by atoms with Gasteiger partial charge in [-0.1, -0.05) is 18.2 Å². The molecule has 2 aromatic heterocycles. The van der Waals surface area contributed by atoms with E-state index < -0.39 is 5.82 Å². The Morgan fingerprint density at radius 1 is 1.15 bits per heavy atom. The summed E-state index contributed by atoms with van der Waals surface area (Å²) < 4.78 is 14.0. The maximum Gasteiger partial charge on any atom is 0.231 e. The van der Waals surface area contributed by atoms with Crippen LogP contribution in [0.3, 0.4) is 0 Å². The average molecular weight is 451 g/mol.